The first-order valence-electron chi connectivity index (χ1n) is 3.67. The van der Waals surface area contributed by atoms with Crippen molar-refractivity contribution < 1.29 is 4.74 Å². The zero-order chi connectivity index (χ0) is 9.26. The molecule has 2 aromatic heterocycles. The van der Waals surface area contributed by atoms with Gasteiger partial charge in [-0.05, 0) is 38.8 Å². The van der Waals surface area contributed by atoms with E-state index in [0.717, 1.165) is 9.54 Å². The van der Waals surface area contributed by atoms with E-state index in [1.807, 2.05) is 0 Å². The molecule has 0 aliphatic heterocycles. The van der Waals surface area contributed by atoms with Gasteiger partial charge in [0.2, 0.25) is 0 Å². The van der Waals surface area contributed by atoms with Gasteiger partial charge in [0, 0.05) is 10.4 Å². The molecule has 2 heterocycles. The minimum atomic E-state index is 0.932. The maximum atomic E-state index is 5.20. The summed E-state index contributed by atoms with van der Waals surface area (Å²) in [4.78, 5) is 1.24. The molecule has 0 aliphatic carbocycles. The standard InChI is InChI=1S/C9H7BrOS2/c1-11-9-7(10)4-8(13-9)6-2-3-12-5-6/h2-5H,1H3. The maximum Gasteiger partial charge on any atom is 0.188 e. The lowest BCUT2D eigenvalue weighted by molar-refractivity contribution is 0.425. The number of hydrogen-bond acceptors (Lipinski definition) is 3. The molecule has 0 saturated carbocycles. The molecule has 0 amide bonds. The summed E-state index contributed by atoms with van der Waals surface area (Å²) < 4.78 is 6.23. The van der Waals surface area contributed by atoms with E-state index in [2.05, 4.69) is 38.8 Å². The lowest BCUT2D eigenvalue weighted by atomic mass is 10.3. The van der Waals surface area contributed by atoms with Crippen LogP contribution in [0.25, 0.3) is 10.4 Å². The third-order valence-corrected chi connectivity index (χ3v) is 4.33. The lowest BCUT2D eigenvalue weighted by Gasteiger charge is -1.91. The van der Waals surface area contributed by atoms with Gasteiger partial charge in [-0.2, -0.15) is 11.3 Å². The third-order valence-electron chi connectivity index (χ3n) is 1.65. The Morgan fingerprint density at radius 2 is 2.31 bits per heavy atom. The van der Waals surface area contributed by atoms with E-state index >= 15 is 0 Å². The molecule has 13 heavy (non-hydrogen) atoms. The van der Waals surface area contributed by atoms with Crippen LogP contribution in [-0.4, -0.2) is 7.11 Å². The van der Waals surface area contributed by atoms with Gasteiger partial charge in [-0.15, -0.1) is 0 Å². The Balaban J connectivity index is 2.43. The van der Waals surface area contributed by atoms with Gasteiger partial charge < -0.3 is 4.74 Å². The topological polar surface area (TPSA) is 9.23 Å². The monoisotopic (exact) mass is 274 g/mol. The molecular formula is C9H7BrOS2. The summed E-state index contributed by atoms with van der Waals surface area (Å²) in [5.74, 6) is 0. The highest BCUT2D eigenvalue weighted by Crippen LogP contribution is 2.40. The molecule has 0 atom stereocenters. The highest BCUT2D eigenvalue weighted by atomic mass is 79.9. The van der Waals surface area contributed by atoms with Crippen molar-refractivity contribution in [2.75, 3.05) is 7.11 Å². The number of ether oxygens (including phenoxy) is 1. The summed E-state index contributed by atoms with van der Waals surface area (Å²) in [6, 6.07) is 4.20. The van der Waals surface area contributed by atoms with E-state index < -0.39 is 0 Å². The third kappa shape index (κ3) is 1.80. The van der Waals surface area contributed by atoms with E-state index in [1.54, 1.807) is 29.8 Å². The summed E-state index contributed by atoms with van der Waals surface area (Å²) in [5.41, 5.74) is 1.26. The van der Waals surface area contributed by atoms with Gasteiger partial charge in [0.15, 0.2) is 5.06 Å². The van der Waals surface area contributed by atoms with Gasteiger partial charge in [-0.25, -0.2) is 0 Å². The normalized spacial score (nSPS) is 10.3. The second-order valence-corrected chi connectivity index (χ2v) is 5.11. The van der Waals surface area contributed by atoms with Crippen LogP contribution in [-0.2, 0) is 0 Å². The van der Waals surface area contributed by atoms with Crippen molar-refractivity contribution in [1.29, 1.82) is 0 Å². The summed E-state index contributed by atoms with van der Waals surface area (Å²) in [7, 11) is 1.69. The first-order valence-corrected chi connectivity index (χ1v) is 6.22. The zero-order valence-electron chi connectivity index (χ0n) is 6.91. The average Bonchev–Trinajstić information content (AvgIpc) is 2.71. The van der Waals surface area contributed by atoms with Crippen molar-refractivity contribution in [3.63, 3.8) is 0 Å². The van der Waals surface area contributed by atoms with Crippen molar-refractivity contribution in [2.24, 2.45) is 0 Å². The molecule has 0 fully saturated rings. The van der Waals surface area contributed by atoms with Crippen LogP contribution in [0.15, 0.2) is 27.4 Å². The van der Waals surface area contributed by atoms with Crippen LogP contribution in [0.5, 0.6) is 5.06 Å². The molecule has 0 bridgehead atoms. The molecule has 68 valence electrons. The van der Waals surface area contributed by atoms with Crippen LogP contribution in [0.3, 0.4) is 0 Å². The van der Waals surface area contributed by atoms with E-state index in [1.165, 1.54) is 10.4 Å². The van der Waals surface area contributed by atoms with Crippen LogP contribution < -0.4 is 4.74 Å². The highest BCUT2D eigenvalue weighted by Gasteiger charge is 2.08. The van der Waals surface area contributed by atoms with Gasteiger partial charge in [0.05, 0.1) is 11.6 Å². The fourth-order valence-electron chi connectivity index (χ4n) is 1.04. The Morgan fingerprint density at radius 3 is 2.85 bits per heavy atom. The van der Waals surface area contributed by atoms with E-state index in [4.69, 9.17) is 4.74 Å². The molecule has 0 unspecified atom stereocenters. The van der Waals surface area contributed by atoms with Gasteiger partial charge in [0.1, 0.15) is 0 Å². The molecule has 0 saturated heterocycles. The van der Waals surface area contributed by atoms with Crippen molar-refractivity contribution in [2.45, 2.75) is 0 Å². The fourth-order valence-corrected chi connectivity index (χ4v) is 3.41. The van der Waals surface area contributed by atoms with E-state index in [9.17, 15) is 0 Å². The Hall–Kier alpha value is -0.320. The molecule has 0 aliphatic rings. The maximum absolute atomic E-state index is 5.20. The number of halogens is 1. The molecule has 2 aromatic rings. The minimum Gasteiger partial charge on any atom is -0.486 e. The molecule has 0 aromatic carbocycles. The smallest absolute Gasteiger partial charge is 0.188 e. The first kappa shape index (κ1) is 9.24. The Bertz CT molecular complexity index is 392. The van der Waals surface area contributed by atoms with E-state index in [0.29, 0.717) is 0 Å². The number of hydrogen-bond donors (Lipinski definition) is 0. The van der Waals surface area contributed by atoms with Crippen LogP contribution >= 0.6 is 38.6 Å². The number of thiophene rings is 2. The SMILES string of the molecule is COc1sc(-c2ccsc2)cc1Br. The van der Waals surface area contributed by atoms with Crippen molar-refractivity contribution in [3.05, 3.63) is 27.4 Å². The Kier molecular flexibility index (Phi) is 2.71. The van der Waals surface area contributed by atoms with Gasteiger partial charge in [0.25, 0.3) is 0 Å². The molecule has 0 spiro atoms. The predicted molar refractivity (Wildman–Crippen MR) is 61.9 cm³/mol. The molecular weight excluding hydrogens is 268 g/mol. The second kappa shape index (κ2) is 3.82. The summed E-state index contributed by atoms with van der Waals surface area (Å²) in [6.45, 7) is 0. The van der Waals surface area contributed by atoms with Crippen molar-refractivity contribution in [1.82, 2.24) is 0 Å². The second-order valence-electron chi connectivity index (χ2n) is 2.46. The van der Waals surface area contributed by atoms with Crippen molar-refractivity contribution >= 4 is 38.6 Å². The van der Waals surface area contributed by atoms with Crippen molar-refractivity contribution in [3.8, 4) is 15.5 Å². The molecule has 0 N–H and O–H groups in total. The van der Waals surface area contributed by atoms with Gasteiger partial charge in [-0.1, -0.05) is 11.3 Å². The largest absolute Gasteiger partial charge is 0.486 e. The van der Waals surface area contributed by atoms with Crippen LogP contribution in [0.2, 0.25) is 0 Å². The predicted octanol–water partition coefficient (Wildman–Crippen LogP) is 4.25. The van der Waals surface area contributed by atoms with Crippen LogP contribution in [0.4, 0.5) is 0 Å². The molecule has 2 rings (SSSR count). The van der Waals surface area contributed by atoms with Gasteiger partial charge in [-0.3, -0.25) is 0 Å². The summed E-state index contributed by atoms with van der Waals surface area (Å²) >= 11 is 6.81. The van der Waals surface area contributed by atoms with Crippen LogP contribution in [0.1, 0.15) is 0 Å². The molecule has 0 radical (unpaired) electrons. The average molecular weight is 275 g/mol. The highest BCUT2D eigenvalue weighted by molar-refractivity contribution is 9.10. The molecule has 4 heteroatoms. The summed E-state index contributed by atoms with van der Waals surface area (Å²) in [5, 5.41) is 5.15. The van der Waals surface area contributed by atoms with E-state index in [-0.39, 0.29) is 0 Å². The molecule has 1 nitrogen and oxygen atoms in total. The van der Waals surface area contributed by atoms with Gasteiger partial charge >= 0.3 is 0 Å². The fraction of sp³-hybridized carbons (Fsp3) is 0.111. The zero-order valence-corrected chi connectivity index (χ0v) is 10.1. The lowest BCUT2D eigenvalue weighted by Crippen LogP contribution is -1.75. The summed E-state index contributed by atoms with van der Waals surface area (Å²) in [6.07, 6.45) is 0. The number of methoxy groups -OCH3 is 1. The quantitative estimate of drug-likeness (QED) is 0.796. The number of rotatable bonds is 2. The Labute approximate surface area is 93.1 Å². The van der Waals surface area contributed by atoms with Crippen LogP contribution in [0, 0.1) is 0 Å². The minimum absolute atomic E-state index is 0.932. The Morgan fingerprint density at radius 1 is 1.46 bits per heavy atom. The first-order chi connectivity index (χ1) is 6.31.